The van der Waals surface area contributed by atoms with Crippen molar-refractivity contribution in [3.05, 3.63) is 89.5 Å². The number of para-hydroxylation sites is 2. The maximum atomic E-state index is 13.1. The number of hydrogen-bond acceptors (Lipinski definition) is 5. The van der Waals surface area contributed by atoms with Crippen LogP contribution in [0.1, 0.15) is 33.9 Å². The highest BCUT2D eigenvalue weighted by molar-refractivity contribution is 7.99. The summed E-state index contributed by atoms with van der Waals surface area (Å²) in [5, 5.41) is 3.87. The number of carbonyl (C=O) groups excluding carboxylic acids is 1. The third-order valence-electron chi connectivity index (χ3n) is 5.15. The summed E-state index contributed by atoms with van der Waals surface area (Å²) in [6, 6.07) is 23.9. The van der Waals surface area contributed by atoms with Crippen LogP contribution in [0.5, 0.6) is 0 Å². The van der Waals surface area contributed by atoms with Crippen LogP contribution >= 0.6 is 23.5 Å². The molecule has 0 spiro atoms. The lowest BCUT2D eigenvalue weighted by molar-refractivity contribution is 0.0934. The molecule has 0 unspecified atom stereocenters. The van der Waals surface area contributed by atoms with E-state index in [1.165, 1.54) is 22.2 Å². The van der Waals surface area contributed by atoms with Crippen LogP contribution in [0.25, 0.3) is 11.1 Å². The lowest BCUT2D eigenvalue weighted by atomic mass is 10.0. The normalized spacial score (nSPS) is 15.7. The predicted molar refractivity (Wildman–Crippen MR) is 122 cm³/mol. The Kier molecular flexibility index (Phi) is 5.51. The van der Waals surface area contributed by atoms with E-state index >= 15 is 0 Å². The van der Waals surface area contributed by atoms with Gasteiger partial charge in [0.15, 0.2) is 5.58 Å². The van der Waals surface area contributed by atoms with E-state index in [-0.39, 0.29) is 11.9 Å². The minimum Gasteiger partial charge on any atom is -0.431 e. The molecule has 0 bridgehead atoms. The standard InChI is InChI=1S/C24H20N2O2S2/c27-23(25-19-13-14-29-22-12-6-3-9-18(19)22)17-8-2-1-7-16(17)15-30-24-26-20-10-4-5-11-21(20)28-24/h1-12,19H,13-15H2,(H,25,27)/t19-/m1/s1. The second-order valence-corrected chi connectivity index (χ2v) is 9.16. The molecule has 1 aliphatic heterocycles. The van der Waals surface area contributed by atoms with Gasteiger partial charge in [0.25, 0.3) is 11.1 Å². The summed E-state index contributed by atoms with van der Waals surface area (Å²) in [7, 11) is 0. The number of benzene rings is 3. The minimum absolute atomic E-state index is 0.0320. The van der Waals surface area contributed by atoms with Gasteiger partial charge in [0, 0.05) is 22.0 Å². The topological polar surface area (TPSA) is 55.1 Å². The van der Waals surface area contributed by atoms with E-state index in [4.69, 9.17) is 4.42 Å². The summed E-state index contributed by atoms with van der Waals surface area (Å²) in [6.45, 7) is 0. The first kappa shape index (κ1) is 19.3. The minimum atomic E-state index is -0.0320. The van der Waals surface area contributed by atoms with Crippen molar-refractivity contribution < 1.29 is 9.21 Å². The molecule has 1 amide bonds. The molecule has 150 valence electrons. The molecular formula is C24H20N2O2S2. The number of oxazole rings is 1. The Morgan fingerprint density at radius 3 is 2.80 bits per heavy atom. The van der Waals surface area contributed by atoms with E-state index in [0.717, 1.165) is 28.8 Å². The summed E-state index contributed by atoms with van der Waals surface area (Å²) >= 11 is 3.36. The van der Waals surface area contributed by atoms with E-state index in [2.05, 4.69) is 28.5 Å². The van der Waals surface area contributed by atoms with Gasteiger partial charge in [-0.25, -0.2) is 4.98 Å². The van der Waals surface area contributed by atoms with Crippen molar-refractivity contribution in [2.45, 2.75) is 28.3 Å². The number of carbonyl (C=O) groups is 1. The molecule has 0 fully saturated rings. The maximum absolute atomic E-state index is 13.1. The Morgan fingerprint density at radius 2 is 1.87 bits per heavy atom. The molecule has 4 aromatic rings. The Morgan fingerprint density at radius 1 is 1.07 bits per heavy atom. The van der Waals surface area contributed by atoms with Gasteiger partial charge in [0.1, 0.15) is 5.52 Å². The van der Waals surface area contributed by atoms with Crippen LogP contribution in [0.4, 0.5) is 0 Å². The van der Waals surface area contributed by atoms with Gasteiger partial charge in [-0.05, 0) is 41.8 Å². The molecule has 1 aromatic heterocycles. The highest BCUT2D eigenvalue weighted by atomic mass is 32.2. The molecule has 1 aliphatic rings. The molecule has 1 atom stereocenters. The highest BCUT2D eigenvalue weighted by Crippen LogP contribution is 2.36. The third kappa shape index (κ3) is 3.98. The second-order valence-electron chi connectivity index (χ2n) is 7.09. The van der Waals surface area contributed by atoms with Gasteiger partial charge in [0.2, 0.25) is 0 Å². The first-order valence-corrected chi connectivity index (χ1v) is 11.8. The Hall–Kier alpha value is -2.70. The van der Waals surface area contributed by atoms with Crippen molar-refractivity contribution in [3.63, 3.8) is 0 Å². The number of fused-ring (bicyclic) bond motifs is 2. The number of hydrogen-bond donors (Lipinski definition) is 1. The van der Waals surface area contributed by atoms with Gasteiger partial charge in [-0.15, -0.1) is 11.8 Å². The molecule has 0 saturated carbocycles. The SMILES string of the molecule is O=C(N[C@@H]1CCSc2ccccc21)c1ccccc1CSc1nc2ccccc2o1. The van der Waals surface area contributed by atoms with Crippen LogP contribution in [0, 0.1) is 0 Å². The van der Waals surface area contributed by atoms with Gasteiger partial charge in [0.05, 0.1) is 6.04 Å². The van der Waals surface area contributed by atoms with Crippen LogP contribution < -0.4 is 5.32 Å². The smallest absolute Gasteiger partial charge is 0.257 e. The average molecular weight is 433 g/mol. The van der Waals surface area contributed by atoms with Crippen molar-refractivity contribution in [3.8, 4) is 0 Å². The number of thioether (sulfide) groups is 2. The fraction of sp³-hybridized carbons (Fsp3) is 0.167. The fourth-order valence-corrected chi connectivity index (χ4v) is 5.62. The lowest BCUT2D eigenvalue weighted by Gasteiger charge is -2.26. The van der Waals surface area contributed by atoms with Crippen LogP contribution in [0.15, 0.2) is 87.3 Å². The monoisotopic (exact) mass is 432 g/mol. The number of nitrogens with zero attached hydrogens (tertiary/aromatic N) is 1. The van der Waals surface area contributed by atoms with E-state index in [1.54, 1.807) is 0 Å². The van der Waals surface area contributed by atoms with Crippen molar-refractivity contribution in [1.82, 2.24) is 10.3 Å². The second kappa shape index (κ2) is 8.58. The maximum Gasteiger partial charge on any atom is 0.257 e. The molecule has 5 rings (SSSR count). The molecule has 2 heterocycles. The van der Waals surface area contributed by atoms with Crippen molar-refractivity contribution in [2.75, 3.05) is 5.75 Å². The zero-order valence-corrected chi connectivity index (χ0v) is 17.8. The summed E-state index contributed by atoms with van der Waals surface area (Å²) in [6.07, 6.45) is 0.938. The van der Waals surface area contributed by atoms with Crippen molar-refractivity contribution in [1.29, 1.82) is 0 Å². The van der Waals surface area contributed by atoms with Crippen molar-refractivity contribution >= 4 is 40.5 Å². The van der Waals surface area contributed by atoms with E-state index in [9.17, 15) is 4.79 Å². The van der Waals surface area contributed by atoms with Gasteiger partial charge in [-0.3, -0.25) is 4.79 Å². The average Bonchev–Trinajstić information content (AvgIpc) is 3.21. The van der Waals surface area contributed by atoms with Crippen LogP contribution in [-0.2, 0) is 5.75 Å². The highest BCUT2D eigenvalue weighted by Gasteiger charge is 2.23. The Bertz CT molecular complexity index is 1170. The number of aromatic nitrogens is 1. The summed E-state index contributed by atoms with van der Waals surface area (Å²) in [5.41, 5.74) is 4.51. The number of amides is 1. The zero-order valence-electron chi connectivity index (χ0n) is 16.2. The Balaban J connectivity index is 1.32. The third-order valence-corrected chi connectivity index (χ3v) is 7.15. The fourth-order valence-electron chi connectivity index (χ4n) is 3.65. The van der Waals surface area contributed by atoms with Gasteiger partial charge in [-0.1, -0.05) is 60.3 Å². The van der Waals surface area contributed by atoms with Gasteiger partial charge < -0.3 is 9.73 Å². The predicted octanol–water partition coefficient (Wildman–Crippen LogP) is 6.09. The van der Waals surface area contributed by atoms with Crippen LogP contribution in [0.2, 0.25) is 0 Å². The largest absolute Gasteiger partial charge is 0.431 e. The molecule has 4 nitrogen and oxygen atoms in total. The summed E-state index contributed by atoms with van der Waals surface area (Å²) in [4.78, 5) is 18.9. The molecule has 0 aliphatic carbocycles. The van der Waals surface area contributed by atoms with Crippen LogP contribution in [0.3, 0.4) is 0 Å². The van der Waals surface area contributed by atoms with Crippen molar-refractivity contribution in [2.24, 2.45) is 0 Å². The first-order valence-electron chi connectivity index (χ1n) is 9.87. The molecule has 30 heavy (non-hydrogen) atoms. The molecule has 1 N–H and O–H groups in total. The first-order chi connectivity index (χ1) is 14.8. The zero-order chi connectivity index (χ0) is 20.3. The van der Waals surface area contributed by atoms with Gasteiger partial charge >= 0.3 is 0 Å². The van der Waals surface area contributed by atoms with E-state index < -0.39 is 0 Å². The van der Waals surface area contributed by atoms with E-state index in [1.807, 2.05) is 66.4 Å². The molecular weight excluding hydrogens is 412 g/mol. The lowest BCUT2D eigenvalue weighted by Crippen LogP contribution is -2.31. The van der Waals surface area contributed by atoms with E-state index in [0.29, 0.717) is 16.5 Å². The Labute approximate surface area is 183 Å². The quantitative estimate of drug-likeness (QED) is 0.387. The van der Waals surface area contributed by atoms with Gasteiger partial charge in [-0.2, -0.15) is 0 Å². The summed E-state index contributed by atoms with van der Waals surface area (Å²) < 4.78 is 5.80. The molecule has 3 aromatic carbocycles. The summed E-state index contributed by atoms with van der Waals surface area (Å²) in [5.74, 6) is 1.60. The molecule has 6 heteroatoms. The number of nitrogens with one attached hydrogen (secondary N) is 1. The number of rotatable bonds is 5. The molecule has 0 saturated heterocycles. The molecule has 0 radical (unpaired) electrons. The van der Waals surface area contributed by atoms with Crippen LogP contribution in [-0.4, -0.2) is 16.6 Å².